The van der Waals surface area contributed by atoms with Gasteiger partial charge in [0, 0.05) is 13.1 Å². The van der Waals surface area contributed by atoms with E-state index in [2.05, 4.69) is 18.2 Å². The number of benzene rings is 1. The Bertz CT molecular complexity index is 499. The van der Waals surface area contributed by atoms with Gasteiger partial charge in [-0.05, 0) is 24.0 Å². The van der Waals surface area contributed by atoms with E-state index in [1.807, 2.05) is 17.0 Å². The van der Waals surface area contributed by atoms with Crippen LogP contribution in [0.2, 0.25) is 0 Å². The standard InChI is InChI=1S/C15H16N2O/c16-11-15(7-3-4-8-15)14(18)17-9-12-5-1-2-6-13(12)10-17/h1-2,5-6H,3-4,7-10H2. The van der Waals surface area contributed by atoms with Crippen molar-refractivity contribution in [1.82, 2.24) is 4.90 Å². The van der Waals surface area contributed by atoms with Crippen LogP contribution in [0.3, 0.4) is 0 Å². The topological polar surface area (TPSA) is 44.1 Å². The lowest BCUT2D eigenvalue weighted by molar-refractivity contribution is -0.139. The number of rotatable bonds is 1. The van der Waals surface area contributed by atoms with Gasteiger partial charge in [-0.2, -0.15) is 5.26 Å². The molecular formula is C15H16N2O. The molecule has 3 nitrogen and oxygen atoms in total. The number of carbonyl (C=O) groups excluding carboxylic acids is 1. The molecule has 0 bridgehead atoms. The van der Waals surface area contributed by atoms with Crippen LogP contribution in [0.5, 0.6) is 0 Å². The lowest BCUT2D eigenvalue weighted by Crippen LogP contribution is -2.38. The third-order valence-corrected chi connectivity index (χ3v) is 4.21. The summed E-state index contributed by atoms with van der Waals surface area (Å²) in [7, 11) is 0. The molecule has 1 aliphatic heterocycles. The van der Waals surface area contributed by atoms with E-state index < -0.39 is 5.41 Å². The van der Waals surface area contributed by atoms with Crippen molar-refractivity contribution in [3.05, 3.63) is 35.4 Å². The van der Waals surface area contributed by atoms with E-state index in [1.54, 1.807) is 0 Å². The number of nitriles is 1. The first-order valence-corrected chi connectivity index (χ1v) is 6.53. The average Bonchev–Trinajstić information content (AvgIpc) is 3.05. The van der Waals surface area contributed by atoms with E-state index >= 15 is 0 Å². The smallest absolute Gasteiger partial charge is 0.243 e. The van der Waals surface area contributed by atoms with Crippen molar-refractivity contribution < 1.29 is 4.79 Å². The summed E-state index contributed by atoms with van der Waals surface area (Å²) in [6.07, 6.45) is 3.46. The highest BCUT2D eigenvalue weighted by atomic mass is 16.2. The number of hydrogen-bond donors (Lipinski definition) is 0. The van der Waals surface area contributed by atoms with Crippen LogP contribution >= 0.6 is 0 Å². The summed E-state index contributed by atoms with van der Waals surface area (Å²) >= 11 is 0. The van der Waals surface area contributed by atoms with E-state index in [0.717, 1.165) is 25.7 Å². The molecular weight excluding hydrogens is 224 g/mol. The largest absolute Gasteiger partial charge is 0.333 e. The van der Waals surface area contributed by atoms with Crippen LogP contribution in [0.25, 0.3) is 0 Å². The molecule has 1 saturated carbocycles. The minimum atomic E-state index is -0.734. The number of fused-ring (bicyclic) bond motifs is 1. The summed E-state index contributed by atoms with van der Waals surface area (Å²) in [6, 6.07) is 10.4. The van der Waals surface area contributed by atoms with E-state index in [-0.39, 0.29) is 5.91 Å². The lowest BCUT2D eigenvalue weighted by atomic mass is 9.86. The number of carbonyl (C=O) groups is 1. The molecule has 0 radical (unpaired) electrons. The van der Waals surface area contributed by atoms with Crippen molar-refractivity contribution in [3.63, 3.8) is 0 Å². The van der Waals surface area contributed by atoms with E-state index in [4.69, 9.17) is 0 Å². The van der Waals surface area contributed by atoms with E-state index in [1.165, 1.54) is 11.1 Å². The fourth-order valence-corrected chi connectivity index (χ4v) is 3.13. The predicted octanol–water partition coefficient (Wildman–Crippen LogP) is 2.61. The molecule has 2 aliphatic rings. The molecule has 0 N–H and O–H groups in total. The molecule has 0 aromatic heterocycles. The highest BCUT2D eigenvalue weighted by Gasteiger charge is 2.44. The van der Waals surface area contributed by atoms with Gasteiger partial charge < -0.3 is 4.90 Å². The Hall–Kier alpha value is -1.82. The number of hydrogen-bond acceptors (Lipinski definition) is 2. The van der Waals surface area contributed by atoms with Crippen LogP contribution in [0.4, 0.5) is 0 Å². The highest BCUT2D eigenvalue weighted by Crippen LogP contribution is 2.40. The predicted molar refractivity (Wildman–Crippen MR) is 67.2 cm³/mol. The first-order chi connectivity index (χ1) is 8.75. The summed E-state index contributed by atoms with van der Waals surface area (Å²) in [6.45, 7) is 1.33. The molecule has 0 atom stereocenters. The van der Waals surface area contributed by atoms with Gasteiger partial charge >= 0.3 is 0 Å². The number of amides is 1. The zero-order valence-corrected chi connectivity index (χ0v) is 10.4. The van der Waals surface area contributed by atoms with Gasteiger partial charge in [0.25, 0.3) is 0 Å². The Morgan fingerprint density at radius 3 is 2.22 bits per heavy atom. The van der Waals surface area contributed by atoms with Crippen LogP contribution in [0.15, 0.2) is 24.3 Å². The third kappa shape index (κ3) is 1.60. The maximum atomic E-state index is 12.6. The molecule has 1 heterocycles. The molecule has 0 spiro atoms. The van der Waals surface area contributed by atoms with Gasteiger partial charge in [-0.25, -0.2) is 0 Å². The summed E-state index contributed by atoms with van der Waals surface area (Å²) in [4.78, 5) is 14.4. The molecule has 1 aliphatic carbocycles. The van der Waals surface area contributed by atoms with Crippen LogP contribution in [-0.2, 0) is 17.9 Å². The maximum Gasteiger partial charge on any atom is 0.243 e. The lowest BCUT2D eigenvalue weighted by Gasteiger charge is -2.26. The summed E-state index contributed by atoms with van der Waals surface area (Å²) in [5.74, 6) is 0.0405. The summed E-state index contributed by atoms with van der Waals surface area (Å²) in [5, 5.41) is 9.37. The Balaban J connectivity index is 1.82. The van der Waals surface area contributed by atoms with Crippen molar-refractivity contribution in [2.75, 3.05) is 0 Å². The molecule has 18 heavy (non-hydrogen) atoms. The zero-order valence-electron chi connectivity index (χ0n) is 10.4. The highest BCUT2D eigenvalue weighted by molar-refractivity contribution is 5.86. The van der Waals surface area contributed by atoms with Crippen LogP contribution < -0.4 is 0 Å². The SMILES string of the molecule is N#CC1(C(=O)N2Cc3ccccc3C2)CCCC1. The van der Waals surface area contributed by atoms with Gasteiger partial charge in [0.05, 0.1) is 6.07 Å². The van der Waals surface area contributed by atoms with Gasteiger partial charge in [0.1, 0.15) is 5.41 Å². The average molecular weight is 240 g/mol. The van der Waals surface area contributed by atoms with E-state index in [0.29, 0.717) is 13.1 Å². The van der Waals surface area contributed by atoms with Crippen LogP contribution in [-0.4, -0.2) is 10.8 Å². The van der Waals surface area contributed by atoms with Crippen molar-refractivity contribution in [1.29, 1.82) is 5.26 Å². The molecule has 0 unspecified atom stereocenters. The molecule has 3 rings (SSSR count). The minimum Gasteiger partial charge on any atom is -0.333 e. The maximum absolute atomic E-state index is 12.6. The van der Waals surface area contributed by atoms with Crippen molar-refractivity contribution in [2.45, 2.75) is 38.8 Å². The van der Waals surface area contributed by atoms with Gasteiger partial charge in [-0.1, -0.05) is 37.1 Å². The minimum absolute atomic E-state index is 0.0405. The number of nitrogens with zero attached hydrogens (tertiary/aromatic N) is 2. The monoisotopic (exact) mass is 240 g/mol. The summed E-state index contributed by atoms with van der Waals surface area (Å²) < 4.78 is 0. The van der Waals surface area contributed by atoms with Gasteiger partial charge in [0.15, 0.2) is 0 Å². The van der Waals surface area contributed by atoms with E-state index in [9.17, 15) is 10.1 Å². The third-order valence-electron chi connectivity index (χ3n) is 4.21. The fraction of sp³-hybridized carbons (Fsp3) is 0.467. The second kappa shape index (κ2) is 4.13. The second-order valence-corrected chi connectivity index (χ2v) is 5.33. The quantitative estimate of drug-likeness (QED) is 0.757. The van der Waals surface area contributed by atoms with Crippen LogP contribution in [0.1, 0.15) is 36.8 Å². The Morgan fingerprint density at radius 1 is 1.17 bits per heavy atom. The van der Waals surface area contributed by atoms with Gasteiger partial charge in [0.2, 0.25) is 5.91 Å². The fourth-order valence-electron chi connectivity index (χ4n) is 3.13. The molecule has 1 aromatic rings. The van der Waals surface area contributed by atoms with Gasteiger partial charge in [-0.3, -0.25) is 4.79 Å². The molecule has 1 aromatic carbocycles. The first-order valence-electron chi connectivity index (χ1n) is 6.53. The molecule has 92 valence electrons. The van der Waals surface area contributed by atoms with Gasteiger partial charge in [-0.15, -0.1) is 0 Å². The Kier molecular flexibility index (Phi) is 2.59. The van der Waals surface area contributed by atoms with Crippen molar-refractivity contribution in [3.8, 4) is 6.07 Å². The molecule has 1 amide bonds. The zero-order chi connectivity index (χ0) is 12.6. The molecule has 3 heteroatoms. The molecule has 0 saturated heterocycles. The molecule has 1 fully saturated rings. The summed E-state index contributed by atoms with van der Waals surface area (Å²) in [5.41, 5.74) is 1.70. The van der Waals surface area contributed by atoms with Crippen molar-refractivity contribution in [2.24, 2.45) is 5.41 Å². The first kappa shape index (κ1) is 11.3. The van der Waals surface area contributed by atoms with Crippen LogP contribution in [0, 0.1) is 16.7 Å². The Labute approximate surface area is 107 Å². The van der Waals surface area contributed by atoms with Crippen molar-refractivity contribution >= 4 is 5.91 Å². The Morgan fingerprint density at radius 2 is 1.72 bits per heavy atom. The normalized spacial score (nSPS) is 20.5. The second-order valence-electron chi connectivity index (χ2n) is 5.33.